The molecule has 2 nitrogen and oxygen atoms in total. The zero-order valence-electron chi connectivity index (χ0n) is 31.4. The van der Waals surface area contributed by atoms with Crippen LogP contribution in [0.1, 0.15) is 142 Å². The summed E-state index contributed by atoms with van der Waals surface area (Å²) in [6.07, 6.45) is 15.4. The monoisotopic (exact) mass is 728 g/mol. The van der Waals surface area contributed by atoms with Gasteiger partial charge in [0.1, 0.15) is 11.5 Å². The van der Waals surface area contributed by atoms with E-state index < -0.39 is 13.2 Å². The summed E-state index contributed by atoms with van der Waals surface area (Å²) < 4.78 is 61.5. The van der Waals surface area contributed by atoms with E-state index in [1.54, 1.807) is 24.3 Å². The van der Waals surface area contributed by atoms with Crippen molar-refractivity contribution in [3.8, 4) is 11.5 Å². The van der Waals surface area contributed by atoms with Crippen LogP contribution < -0.4 is 9.47 Å². The summed E-state index contributed by atoms with van der Waals surface area (Å²) in [7, 11) is 0. The van der Waals surface area contributed by atoms with Crippen LogP contribution in [0.3, 0.4) is 0 Å². The van der Waals surface area contributed by atoms with Crippen molar-refractivity contribution in [2.45, 2.75) is 134 Å². The fourth-order valence-electron chi connectivity index (χ4n) is 9.23. The molecule has 2 saturated carbocycles. The van der Waals surface area contributed by atoms with Crippen molar-refractivity contribution in [3.63, 3.8) is 0 Å². The molecule has 284 valence electrons. The van der Waals surface area contributed by atoms with E-state index in [0.29, 0.717) is 18.3 Å². The molecule has 2 aliphatic carbocycles. The van der Waals surface area contributed by atoms with Gasteiger partial charge in [0.25, 0.3) is 0 Å². The van der Waals surface area contributed by atoms with Gasteiger partial charge in [0, 0.05) is 0 Å². The SMILES string of the molecule is CCCC1CCC(c2ccc(CC(c3ccc(OC(F)F)cc3)C(Cc3ccc(OC(F)F)cc3)c3ccc(C4CCC(CC)CC4)cc3)cc2)CC1. The minimum absolute atomic E-state index is 0.00577. The van der Waals surface area contributed by atoms with Crippen LogP contribution in [-0.2, 0) is 12.8 Å². The summed E-state index contributed by atoms with van der Waals surface area (Å²) in [6, 6.07) is 32.4. The number of ether oxygens (including phenoxy) is 2. The van der Waals surface area contributed by atoms with E-state index in [1.165, 1.54) is 92.9 Å². The molecule has 0 spiro atoms. The highest BCUT2D eigenvalue weighted by atomic mass is 19.3. The molecule has 4 aromatic rings. The van der Waals surface area contributed by atoms with Gasteiger partial charge in [-0.25, -0.2) is 0 Å². The van der Waals surface area contributed by atoms with Crippen LogP contribution in [-0.4, -0.2) is 13.2 Å². The molecule has 53 heavy (non-hydrogen) atoms. The molecule has 6 rings (SSSR count). The zero-order valence-corrected chi connectivity index (χ0v) is 31.4. The third-order valence-corrected chi connectivity index (χ3v) is 12.3. The van der Waals surface area contributed by atoms with Crippen LogP contribution in [0.15, 0.2) is 97.1 Å². The maximum Gasteiger partial charge on any atom is 0.387 e. The highest BCUT2D eigenvalue weighted by Gasteiger charge is 2.28. The zero-order chi connectivity index (χ0) is 37.2. The number of hydrogen-bond acceptors (Lipinski definition) is 2. The van der Waals surface area contributed by atoms with Crippen molar-refractivity contribution in [1.82, 2.24) is 0 Å². The van der Waals surface area contributed by atoms with Crippen LogP contribution in [0.4, 0.5) is 17.6 Å². The van der Waals surface area contributed by atoms with Gasteiger partial charge in [-0.15, -0.1) is 0 Å². The second kappa shape index (κ2) is 19.0. The first-order valence-corrected chi connectivity index (χ1v) is 20.0. The van der Waals surface area contributed by atoms with E-state index in [9.17, 15) is 17.6 Å². The summed E-state index contributed by atoms with van der Waals surface area (Å²) in [5.74, 6) is 3.15. The lowest BCUT2D eigenvalue weighted by atomic mass is 9.73. The first-order valence-electron chi connectivity index (χ1n) is 20.0. The Bertz CT molecular complexity index is 1640. The fourth-order valence-corrected chi connectivity index (χ4v) is 9.23. The molecular formula is C47H56F4O2. The third-order valence-electron chi connectivity index (χ3n) is 12.3. The van der Waals surface area contributed by atoms with Crippen LogP contribution in [0.5, 0.6) is 11.5 Å². The summed E-state index contributed by atoms with van der Waals surface area (Å²) in [4.78, 5) is 0. The minimum atomic E-state index is -2.89. The van der Waals surface area contributed by atoms with Crippen LogP contribution >= 0.6 is 0 Å². The van der Waals surface area contributed by atoms with Crippen molar-refractivity contribution in [2.75, 3.05) is 0 Å². The lowest BCUT2D eigenvalue weighted by molar-refractivity contribution is -0.0505. The van der Waals surface area contributed by atoms with E-state index in [-0.39, 0.29) is 23.3 Å². The molecule has 0 radical (unpaired) electrons. The van der Waals surface area contributed by atoms with E-state index >= 15 is 0 Å². The first kappa shape index (κ1) is 38.9. The van der Waals surface area contributed by atoms with Crippen molar-refractivity contribution in [3.05, 3.63) is 130 Å². The lowest BCUT2D eigenvalue weighted by Gasteiger charge is -2.31. The molecule has 0 aliphatic heterocycles. The molecule has 0 amide bonds. The normalized spacial score (nSPS) is 21.7. The van der Waals surface area contributed by atoms with Gasteiger partial charge in [0.05, 0.1) is 0 Å². The number of rotatable bonds is 16. The molecule has 0 saturated heterocycles. The van der Waals surface area contributed by atoms with Gasteiger partial charge in [-0.3, -0.25) is 0 Å². The van der Waals surface area contributed by atoms with Crippen molar-refractivity contribution in [2.24, 2.45) is 11.8 Å². The van der Waals surface area contributed by atoms with Gasteiger partial charge >= 0.3 is 13.2 Å². The molecule has 2 fully saturated rings. The number of hydrogen-bond donors (Lipinski definition) is 0. The lowest BCUT2D eigenvalue weighted by Crippen LogP contribution is -2.18. The van der Waals surface area contributed by atoms with Gasteiger partial charge < -0.3 is 9.47 Å². The predicted octanol–water partition coefficient (Wildman–Crippen LogP) is 14.0. The first-order chi connectivity index (χ1) is 25.8. The summed E-state index contributed by atoms with van der Waals surface area (Å²) in [6.45, 7) is -1.20. The fraction of sp³-hybridized carbons (Fsp3) is 0.489. The Morgan fingerprint density at radius 1 is 0.491 bits per heavy atom. The van der Waals surface area contributed by atoms with E-state index in [4.69, 9.17) is 4.74 Å². The Labute approximate surface area is 314 Å². The van der Waals surface area contributed by atoms with Crippen molar-refractivity contribution < 1.29 is 27.0 Å². The number of halogens is 4. The highest BCUT2D eigenvalue weighted by Crippen LogP contribution is 2.43. The van der Waals surface area contributed by atoms with Crippen LogP contribution in [0.25, 0.3) is 0 Å². The van der Waals surface area contributed by atoms with Crippen LogP contribution in [0.2, 0.25) is 0 Å². The number of alkyl halides is 4. The van der Waals surface area contributed by atoms with E-state index in [1.807, 2.05) is 24.3 Å². The third kappa shape index (κ3) is 10.9. The van der Waals surface area contributed by atoms with Gasteiger partial charge in [-0.1, -0.05) is 106 Å². The van der Waals surface area contributed by atoms with Crippen molar-refractivity contribution in [1.29, 1.82) is 0 Å². The molecule has 0 bridgehead atoms. The maximum absolute atomic E-state index is 13.1. The Morgan fingerprint density at radius 3 is 1.28 bits per heavy atom. The van der Waals surface area contributed by atoms with Crippen molar-refractivity contribution >= 4 is 0 Å². The average Bonchev–Trinajstić information content (AvgIpc) is 3.18. The molecule has 0 heterocycles. The number of benzene rings is 4. The Kier molecular flexibility index (Phi) is 13.9. The molecule has 0 N–H and O–H groups in total. The minimum Gasteiger partial charge on any atom is -0.435 e. The molecule has 2 atom stereocenters. The van der Waals surface area contributed by atoms with Gasteiger partial charge in [0.15, 0.2) is 0 Å². The molecule has 0 aromatic heterocycles. The standard InChI is InChI=1S/C47H56F4O2/c1-3-5-33-8-16-37(17-9-33)38-18-10-34(11-19-38)30-45(41-24-28-43(29-25-41)53-47(50)51)44(31-35-12-26-42(27-13-35)52-46(48)49)40-22-20-39(21-23-40)36-14-6-32(4-2)7-15-36/h10-13,18-29,32-33,36-37,44-47H,3-9,14-17,30-31H2,1-2H3. The van der Waals surface area contributed by atoms with Gasteiger partial charge in [-0.2, -0.15) is 17.6 Å². The van der Waals surface area contributed by atoms with Gasteiger partial charge in [-0.05, 0) is 157 Å². The molecular weight excluding hydrogens is 673 g/mol. The van der Waals surface area contributed by atoms with E-state index in [2.05, 4.69) is 67.1 Å². The Balaban J connectivity index is 1.31. The molecule has 2 unspecified atom stereocenters. The summed E-state index contributed by atoms with van der Waals surface area (Å²) in [5, 5.41) is 0. The highest BCUT2D eigenvalue weighted by molar-refractivity contribution is 5.39. The Morgan fingerprint density at radius 2 is 0.868 bits per heavy atom. The summed E-state index contributed by atoms with van der Waals surface area (Å²) in [5.41, 5.74) is 7.27. The largest absolute Gasteiger partial charge is 0.435 e. The molecule has 6 heteroatoms. The van der Waals surface area contributed by atoms with E-state index in [0.717, 1.165) is 29.4 Å². The quantitative estimate of drug-likeness (QED) is 0.107. The topological polar surface area (TPSA) is 18.5 Å². The predicted molar refractivity (Wildman–Crippen MR) is 207 cm³/mol. The second-order valence-corrected chi connectivity index (χ2v) is 15.6. The smallest absolute Gasteiger partial charge is 0.387 e. The summed E-state index contributed by atoms with van der Waals surface area (Å²) >= 11 is 0. The Hall–Kier alpha value is -3.80. The second-order valence-electron chi connectivity index (χ2n) is 15.6. The maximum atomic E-state index is 13.1. The average molecular weight is 729 g/mol. The molecule has 4 aromatic carbocycles. The van der Waals surface area contributed by atoms with Gasteiger partial charge in [0.2, 0.25) is 0 Å². The molecule has 2 aliphatic rings. The van der Waals surface area contributed by atoms with Crippen LogP contribution in [0, 0.1) is 11.8 Å².